The summed E-state index contributed by atoms with van der Waals surface area (Å²) in [5.74, 6) is 2.98. The fourth-order valence-electron chi connectivity index (χ4n) is 19.6. The van der Waals surface area contributed by atoms with Crippen molar-refractivity contribution in [1.29, 1.82) is 0 Å². The Hall–Kier alpha value is -15.3. The molecule has 0 unspecified atom stereocenters. The van der Waals surface area contributed by atoms with Gasteiger partial charge in [0.15, 0.2) is 23.3 Å². The van der Waals surface area contributed by atoms with Crippen molar-refractivity contribution in [2.75, 3.05) is 0 Å². The number of rotatable bonds is 7. The van der Waals surface area contributed by atoms with Gasteiger partial charge in [0.25, 0.3) is 0 Å². The average molecular weight is 1570 g/mol. The van der Waals surface area contributed by atoms with Crippen molar-refractivity contribution in [1.82, 2.24) is 39.0 Å². The Bertz CT molecular complexity index is 9310. The second-order valence-corrected chi connectivity index (χ2v) is 34.1. The zero-order valence-corrected chi connectivity index (χ0v) is 64.9. The predicted molar refractivity (Wildman–Crippen MR) is 492 cm³/mol. The van der Waals surface area contributed by atoms with Crippen LogP contribution in [-0.4, -0.2) is 39.0 Å². The molecule has 550 valence electrons. The third kappa shape index (κ3) is 8.88. The van der Waals surface area contributed by atoms with Crippen LogP contribution >= 0.6 is 34.0 Å². The molecule has 17 aromatic carbocycles. The Morgan fingerprint density at radius 1 is 0.210 bits per heavy atom. The lowest BCUT2D eigenvalue weighted by Crippen LogP contribution is -2.07. The summed E-state index contributed by atoms with van der Waals surface area (Å²) < 4.78 is 39.6. The average Bonchev–Trinajstić information content (AvgIpc) is 1.53. The van der Waals surface area contributed by atoms with Gasteiger partial charge in [-0.3, -0.25) is 9.13 Å². The normalized spacial score (nSPS) is 12.5. The molecule has 0 bridgehead atoms. The van der Waals surface area contributed by atoms with E-state index in [1.165, 1.54) is 51.1 Å². The van der Waals surface area contributed by atoms with Crippen molar-refractivity contribution < 1.29 is 17.7 Å². The van der Waals surface area contributed by atoms with E-state index in [0.29, 0.717) is 35.2 Å². The number of benzene rings is 17. The maximum absolute atomic E-state index is 7.36. The van der Waals surface area contributed by atoms with E-state index in [1.807, 2.05) is 95.5 Å². The topological polar surface area (TPSA) is 140 Å². The number of para-hydroxylation sites is 6. The number of hydrogen-bond acceptors (Lipinski definition) is 13. The van der Waals surface area contributed by atoms with E-state index in [0.717, 1.165) is 196 Å². The highest BCUT2D eigenvalue weighted by atomic mass is 32.1. The molecule has 0 atom stereocenters. The maximum atomic E-state index is 7.36. The van der Waals surface area contributed by atoms with Crippen LogP contribution in [0.4, 0.5) is 0 Å². The van der Waals surface area contributed by atoms with Crippen molar-refractivity contribution in [3.8, 4) is 68.6 Å². The van der Waals surface area contributed by atoms with Gasteiger partial charge in [0.2, 0.25) is 11.9 Å². The molecule has 0 N–H and O–H groups in total. The van der Waals surface area contributed by atoms with Gasteiger partial charge in [-0.2, -0.15) is 19.9 Å². The second-order valence-electron chi connectivity index (χ2n) is 30.9. The van der Waals surface area contributed by atoms with E-state index in [9.17, 15) is 0 Å². The third-order valence-corrected chi connectivity index (χ3v) is 28.1. The highest BCUT2D eigenvalue weighted by molar-refractivity contribution is 7.28. The van der Waals surface area contributed by atoms with E-state index in [4.69, 9.17) is 47.6 Å². The molecule has 0 amide bonds. The lowest BCUT2D eigenvalue weighted by Gasteiger charge is -2.14. The molecule has 0 aliphatic heterocycles. The maximum Gasteiger partial charge on any atom is 0.238 e. The van der Waals surface area contributed by atoms with Crippen molar-refractivity contribution >= 4 is 247 Å². The quantitative estimate of drug-likeness (QED) is 0.151. The first-order chi connectivity index (χ1) is 59.0. The fourth-order valence-corrected chi connectivity index (χ4v) is 23.0. The molecule has 28 aromatic rings. The zero-order chi connectivity index (χ0) is 77.1. The number of hydrogen-bond donors (Lipinski definition) is 0. The van der Waals surface area contributed by atoms with Crippen LogP contribution in [0, 0.1) is 0 Å². The molecule has 0 spiro atoms. The van der Waals surface area contributed by atoms with Crippen LogP contribution in [0.25, 0.3) is 282 Å². The minimum absolute atomic E-state index is 0.436. The van der Waals surface area contributed by atoms with E-state index in [1.54, 1.807) is 11.3 Å². The van der Waals surface area contributed by atoms with Crippen LogP contribution in [-0.2, 0) is 0 Å². The van der Waals surface area contributed by atoms with Gasteiger partial charge < -0.3 is 17.7 Å². The molecule has 11 aromatic heterocycles. The van der Waals surface area contributed by atoms with Crippen LogP contribution in [0.15, 0.2) is 333 Å². The summed E-state index contributed by atoms with van der Waals surface area (Å²) in [6.07, 6.45) is 0. The summed E-state index contributed by atoms with van der Waals surface area (Å²) in [7, 11) is 0. The van der Waals surface area contributed by atoms with Gasteiger partial charge in [-0.25, -0.2) is 9.97 Å². The van der Waals surface area contributed by atoms with Gasteiger partial charge in [-0.15, -0.1) is 34.0 Å². The lowest BCUT2D eigenvalue weighted by molar-refractivity contribution is 0.668. The smallest absolute Gasteiger partial charge is 0.238 e. The highest BCUT2D eigenvalue weighted by Gasteiger charge is 2.31. The van der Waals surface area contributed by atoms with Crippen LogP contribution in [0.5, 0.6) is 0 Å². The molecule has 0 radical (unpaired) electrons. The molecular weight excluding hydrogens is 1520 g/mol. The highest BCUT2D eigenvalue weighted by Crippen LogP contribution is 2.55. The molecule has 0 aliphatic rings. The Balaban J connectivity index is 0.677. The van der Waals surface area contributed by atoms with Crippen molar-refractivity contribution in [2.24, 2.45) is 0 Å². The first-order valence-corrected chi connectivity index (χ1v) is 42.1. The fraction of sp³-hybridized carbons (Fsp3) is 0. The van der Waals surface area contributed by atoms with Gasteiger partial charge in [-0.1, -0.05) is 206 Å². The number of thiophene rings is 3. The Morgan fingerprint density at radius 3 is 1.26 bits per heavy atom. The minimum atomic E-state index is 0.436. The lowest BCUT2D eigenvalue weighted by atomic mass is 9.94. The first-order valence-electron chi connectivity index (χ1n) is 39.6. The molecule has 0 aliphatic carbocycles. The Labute approximate surface area is 683 Å². The first kappa shape index (κ1) is 64.1. The van der Waals surface area contributed by atoms with Gasteiger partial charge in [0.05, 0.1) is 27.5 Å². The largest absolute Gasteiger partial charge is 0.456 e. The summed E-state index contributed by atoms with van der Waals surface area (Å²) >= 11 is 5.50. The van der Waals surface area contributed by atoms with Crippen LogP contribution < -0.4 is 0 Å². The summed E-state index contributed by atoms with van der Waals surface area (Å²) in [4.78, 5) is 33.5. The molecule has 11 heterocycles. The standard InChI is InChI=1S/C104H52N8O4S3/c1-2-20-53(21-3-1)99-106-102(110-104(107-99)112-73-31-13-5-25-63(73)93-95(112)69-46-48-83-86(66-28-10-18-36-80(66)117-83)89(69)91-67-29-11-19-37-81(67)119-98(91)93)70-44-43-57(96-85(70)64-26-8-16-34-76(64)115-96)54-40-47-82-71(50-54)87-84(118-82)49-45-68-88(87)90-65-27-9-17-35-77(65)116-97(90)92-62-24-4-12-30-72(62)111(94(68)92)103-108-100(55-38-41-60-58-22-6-14-32-74(58)113-78(60)51-55)105-101(109-103)56-39-42-61-59-23-7-15-33-75(59)114-79(61)52-56/h1-52H. The number of fused-ring (bicyclic) bond motifs is 37. The molecule has 28 rings (SSSR count). The van der Waals surface area contributed by atoms with Crippen LogP contribution in [0.3, 0.4) is 0 Å². The Kier molecular flexibility index (Phi) is 12.8. The van der Waals surface area contributed by atoms with Crippen molar-refractivity contribution in [3.05, 3.63) is 315 Å². The SMILES string of the molecule is c1ccc(-c2nc(-c3ccc(-c4ccc5sc6ccc7c(c6c5c4)c4c5ccccc5oc4c4c5ccccc5n(-c5nc(-c6ccc8c(c6)oc6ccccc68)nc(-c6ccc8c(c6)oc6ccccc68)n5)c74)c4oc5ccccc5c34)nc(-n3c4ccccc4c4c5sc6ccccc6c5c5c(ccc6sc7ccccc7c65)c43)n2)cc1. The number of nitrogens with zero attached hydrogens (tertiary/aromatic N) is 8. The Morgan fingerprint density at radius 2 is 0.630 bits per heavy atom. The van der Waals surface area contributed by atoms with E-state index >= 15 is 0 Å². The number of furan rings is 4. The van der Waals surface area contributed by atoms with Gasteiger partial charge in [-0.05, 0) is 115 Å². The van der Waals surface area contributed by atoms with E-state index in [2.05, 4.69) is 252 Å². The molecule has 0 fully saturated rings. The van der Waals surface area contributed by atoms with Gasteiger partial charge in [0, 0.05) is 169 Å². The summed E-state index contributed by atoms with van der Waals surface area (Å²) in [6.45, 7) is 0. The number of aromatic nitrogens is 8. The third-order valence-electron chi connectivity index (χ3n) is 24.6. The molecule has 119 heavy (non-hydrogen) atoms. The van der Waals surface area contributed by atoms with Gasteiger partial charge >= 0.3 is 0 Å². The van der Waals surface area contributed by atoms with E-state index < -0.39 is 0 Å². The molecule has 15 heteroatoms. The minimum Gasteiger partial charge on any atom is -0.456 e. The van der Waals surface area contributed by atoms with Crippen LogP contribution in [0.1, 0.15) is 0 Å². The molecule has 0 saturated carbocycles. The summed E-state index contributed by atoms with van der Waals surface area (Å²) in [5, 5.41) is 23.9. The summed E-state index contributed by atoms with van der Waals surface area (Å²) in [5.41, 5.74) is 15.1. The summed E-state index contributed by atoms with van der Waals surface area (Å²) in [6, 6.07) is 111. The van der Waals surface area contributed by atoms with E-state index in [-0.39, 0.29) is 0 Å². The zero-order valence-electron chi connectivity index (χ0n) is 62.5. The molecule has 0 saturated heterocycles. The molecular formula is C104H52N8O4S3. The monoisotopic (exact) mass is 1570 g/mol. The van der Waals surface area contributed by atoms with Crippen molar-refractivity contribution in [2.45, 2.75) is 0 Å². The van der Waals surface area contributed by atoms with Crippen LogP contribution in [0.2, 0.25) is 0 Å². The predicted octanol–water partition coefficient (Wildman–Crippen LogP) is 29.6. The second kappa shape index (κ2) is 23.7. The molecule has 12 nitrogen and oxygen atoms in total. The van der Waals surface area contributed by atoms with Gasteiger partial charge in [0.1, 0.15) is 44.7 Å². The van der Waals surface area contributed by atoms with Crippen molar-refractivity contribution in [3.63, 3.8) is 0 Å².